The van der Waals surface area contributed by atoms with Gasteiger partial charge in [-0.05, 0) is 11.5 Å². The van der Waals surface area contributed by atoms with Crippen molar-refractivity contribution < 1.29 is 4.79 Å². The summed E-state index contributed by atoms with van der Waals surface area (Å²) in [6.45, 7) is 2.92. The lowest BCUT2D eigenvalue weighted by atomic mass is 10.0. The Kier molecular flexibility index (Phi) is 4.06. The molecule has 1 heterocycles. The molecule has 1 atom stereocenters. The molecule has 1 aromatic carbocycles. The normalized spacial score (nSPS) is 12.1. The SMILES string of the molecule is CC(CNC(=O)Cn1cncn1)c1ccccc1. The first-order chi connectivity index (χ1) is 8.75. The van der Waals surface area contributed by atoms with Crippen LogP contribution >= 0.6 is 0 Å². The van der Waals surface area contributed by atoms with Crippen molar-refractivity contribution >= 4 is 5.91 Å². The van der Waals surface area contributed by atoms with E-state index in [1.54, 1.807) is 0 Å². The molecule has 0 radical (unpaired) electrons. The molecule has 0 saturated heterocycles. The fourth-order valence-corrected chi connectivity index (χ4v) is 1.68. The van der Waals surface area contributed by atoms with Crippen molar-refractivity contribution in [3.63, 3.8) is 0 Å². The number of aromatic nitrogens is 3. The molecule has 94 valence electrons. The topological polar surface area (TPSA) is 59.8 Å². The van der Waals surface area contributed by atoms with Gasteiger partial charge < -0.3 is 5.32 Å². The van der Waals surface area contributed by atoms with Gasteiger partial charge in [-0.3, -0.25) is 4.79 Å². The summed E-state index contributed by atoms with van der Waals surface area (Å²) in [6.07, 6.45) is 2.94. The Morgan fingerprint density at radius 1 is 1.39 bits per heavy atom. The van der Waals surface area contributed by atoms with Crippen LogP contribution in [0.15, 0.2) is 43.0 Å². The maximum absolute atomic E-state index is 11.6. The number of amides is 1. The van der Waals surface area contributed by atoms with Crippen LogP contribution in [0, 0.1) is 0 Å². The van der Waals surface area contributed by atoms with Crippen LogP contribution in [0.5, 0.6) is 0 Å². The van der Waals surface area contributed by atoms with E-state index in [2.05, 4.69) is 34.5 Å². The minimum Gasteiger partial charge on any atom is -0.354 e. The van der Waals surface area contributed by atoms with Crippen LogP contribution in [0.1, 0.15) is 18.4 Å². The fourth-order valence-electron chi connectivity index (χ4n) is 1.68. The number of nitrogens with one attached hydrogen (secondary N) is 1. The minimum atomic E-state index is -0.0525. The van der Waals surface area contributed by atoms with Crippen molar-refractivity contribution in [2.45, 2.75) is 19.4 Å². The molecule has 1 aromatic heterocycles. The van der Waals surface area contributed by atoms with Gasteiger partial charge in [0, 0.05) is 6.54 Å². The lowest BCUT2D eigenvalue weighted by Crippen LogP contribution is -2.30. The van der Waals surface area contributed by atoms with Crippen molar-refractivity contribution in [2.24, 2.45) is 0 Å². The molecule has 2 aromatic rings. The van der Waals surface area contributed by atoms with Gasteiger partial charge in [0.15, 0.2) is 0 Å². The predicted octanol–water partition coefficient (Wildman–Crippen LogP) is 1.20. The van der Waals surface area contributed by atoms with E-state index in [-0.39, 0.29) is 12.5 Å². The zero-order chi connectivity index (χ0) is 12.8. The first kappa shape index (κ1) is 12.3. The lowest BCUT2D eigenvalue weighted by Gasteiger charge is -2.12. The van der Waals surface area contributed by atoms with Crippen LogP contribution in [0.3, 0.4) is 0 Å². The molecule has 18 heavy (non-hydrogen) atoms. The Balaban J connectivity index is 1.79. The summed E-state index contributed by atoms with van der Waals surface area (Å²) >= 11 is 0. The Labute approximate surface area is 106 Å². The number of benzene rings is 1. The van der Waals surface area contributed by atoms with Crippen molar-refractivity contribution in [1.29, 1.82) is 0 Å². The van der Waals surface area contributed by atoms with E-state index in [1.807, 2.05) is 18.2 Å². The van der Waals surface area contributed by atoms with Crippen LogP contribution in [0.4, 0.5) is 0 Å². The van der Waals surface area contributed by atoms with Crippen molar-refractivity contribution in [2.75, 3.05) is 6.54 Å². The van der Waals surface area contributed by atoms with E-state index in [4.69, 9.17) is 0 Å². The minimum absolute atomic E-state index is 0.0525. The van der Waals surface area contributed by atoms with Crippen LogP contribution in [0.2, 0.25) is 0 Å². The number of nitrogens with zero attached hydrogens (tertiary/aromatic N) is 3. The smallest absolute Gasteiger partial charge is 0.241 e. The summed E-state index contributed by atoms with van der Waals surface area (Å²) in [5.74, 6) is 0.245. The Bertz CT molecular complexity index is 481. The van der Waals surface area contributed by atoms with E-state index in [1.165, 1.54) is 22.9 Å². The number of carbonyl (C=O) groups is 1. The highest BCUT2D eigenvalue weighted by molar-refractivity contribution is 5.75. The molecule has 5 nitrogen and oxygen atoms in total. The molecule has 1 unspecified atom stereocenters. The third kappa shape index (κ3) is 3.41. The van der Waals surface area contributed by atoms with Gasteiger partial charge in [0.1, 0.15) is 19.2 Å². The summed E-state index contributed by atoms with van der Waals surface area (Å²) in [5, 5.41) is 6.78. The van der Waals surface area contributed by atoms with E-state index < -0.39 is 0 Å². The molecular weight excluding hydrogens is 228 g/mol. The van der Waals surface area contributed by atoms with E-state index >= 15 is 0 Å². The summed E-state index contributed by atoms with van der Waals surface area (Å²) in [7, 11) is 0. The maximum atomic E-state index is 11.6. The molecule has 0 saturated carbocycles. The molecule has 0 aliphatic carbocycles. The summed E-state index contributed by atoms with van der Waals surface area (Å²) < 4.78 is 1.50. The lowest BCUT2D eigenvalue weighted by molar-refractivity contribution is -0.121. The molecule has 0 aliphatic rings. The molecule has 2 rings (SSSR count). The number of hydrogen-bond donors (Lipinski definition) is 1. The number of hydrogen-bond acceptors (Lipinski definition) is 3. The van der Waals surface area contributed by atoms with Gasteiger partial charge in [-0.1, -0.05) is 37.3 Å². The van der Waals surface area contributed by atoms with Crippen molar-refractivity contribution in [1.82, 2.24) is 20.1 Å². The first-order valence-electron chi connectivity index (χ1n) is 5.90. The van der Waals surface area contributed by atoms with E-state index in [9.17, 15) is 4.79 Å². The van der Waals surface area contributed by atoms with Gasteiger partial charge in [0.05, 0.1) is 0 Å². The fraction of sp³-hybridized carbons (Fsp3) is 0.308. The van der Waals surface area contributed by atoms with Gasteiger partial charge in [-0.2, -0.15) is 5.10 Å². The monoisotopic (exact) mass is 244 g/mol. The largest absolute Gasteiger partial charge is 0.354 e. The summed E-state index contributed by atoms with van der Waals surface area (Å²) in [4.78, 5) is 15.4. The average molecular weight is 244 g/mol. The third-order valence-electron chi connectivity index (χ3n) is 2.75. The van der Waals surface area contributed by atoms with Crippen molar-refractivity contribution in [3.05, 3.63) is 48.5 Å². The summed E-state index contributed by atoms with van der Waals surface area (Å²) in [5.41, 5.74) is 1.22. The first-order valence-corrected chi connectivity index (χ1v) is 5.90. The summed E-state index contributed by atoms with van der Waals surface area (Å²) in [6, 6.07) is 10.1. The van der Waals surface area contributed by atoms with Crippen LogP contribution in [0.25, 0.3) is 0 Å². The van der Waals surface area contributed by atoms with Crippen molar-refractivity contribution in [3.8, 4) is 0 Å². The van der Waals surface area contributed by atoms with Crippen LogP contribution in [-0.2, 0) is 11.3 Å². The van der Waals surface area contributed by atoms with Crippen LogP contribution < -0.4 is 5.32 Å². The molecule has 0 spiro atoms. The second kappa shape index (κ2) is 5.95. The highest BCUT2D eigenvalue weighted by Crippen LogP contribution is 2.12. The molecule has 1 N–H and O–H groups in total. The zero-order valence-corrected chi connectivity index (χ0v) is 10.3. The molecule has 5 heteroatoms. The highest BCUT2D eigenvalue weighted by Gasteiger charge is 2.07. The van der Waals surface area contributed by atoms with Gasteiger partial charge in [0.25, 0.3) is 0 Å². The molecule has 0 bridgehead atoms. The quantitative estimate of drug-likeness (QED) is 0.859. The Morgan fingerprint density at radius 2 is 2.17 bits per heavy atom. The van der Waals surface area contributed by atoms with Crippen LogP contribution in [-0.4, -0.2) is 27.2 Å². The van der Waals surface area contributed by atoms with Gasteiger partial charge >= 0.3 is 0 Å². The maximum Gasteiger partial charge on any atom is 0.241 e. The highest BCUT2D eigenvalue weighted by atomic mass is 16.2. The Morgan fingerprint density at radius 3 is 2.83 bits per heavy atom. The predicted molar refractivity (Wildman–Crippen MR) is 67.9 cm³/mol. The molecule has 0 aliphatic heterocycles. The zero-order valence-electron chi connectivity index (χ0n) is 10.3. The number of carbonyl (C=O) groups excluding carboxylic acids is 1. The Hall–Kier alpha value is -2.17. The third-order valence-corrected chi connectivity index (χ3v) is 2.75. The van der Waals surface area contributed by atoms with Gasteiger partial charge in [-0.25, -0.2) is 9.67 Å². The second-order valence-electron chi connectivity index (χ2n) is 4.21. The second-order valence-corrected chi connectivity index (χ2v) is 4.21. The molecule has 0 fully saturated rings. The average Bonchev–Trinajstić information content (AvgIpc) is 2.90. The molecular formula is C13H16N4O. The van der Waals surface area contributed by atoms with E-state index in [0.29, 0.717) is 12.5 Å². The van der Waals surface area contributed by atoms with Gasteiger partial charge in [-0.15, -0.1) is 0 Å². The molecule has 1 amide bonds. The number of rotatable bonds is 5. The standard InChI is InChI=1S/C13H16N4O/c1-11(12-5-3-2-4-6-12)7-15-13(18)8-17-10-14-9-16-17/h2-6,9-11H,7-8H2,1H3,(H,15,18). The van der Waals surface area contributed by atoms with Gasteiger partial charge in [0.2, 0.25) is 5.91 Å². The van der Waals surface area contributed by atoms with E-state index in [0.717, 1.165) is 0 Å².